The Morgan fingerprint density at radius 1 is 1.38 bits per heavy atom. The van der Waals surface area contributed by atoms with E-state index in [-0.39, 0.29) is 5.54 Å². The van der Waals surface area contributed by atoms with Gasteiger partial charge < -0.3 is 10.3 Å². The summed E-state index contributed by atoms with van der Waals surface area (Å²) < 4.78 is 1.98. The fourth-order valence-corrected chi connectivity index (χ4v) is 1.72. The summed E-state index contributed by atoms with van der Waals surface area (Å²) in [5.41, 5.74) is 6.97. The van der Waals surface area contributed by atoms with Crippen LogP contribution in [-0.4, -0.2) is 9.55 Å². The van der Waals surface area contributed by atoms with Gasteiger partial charge in [0.25, 0.3) is 0 Å². The Labute approximate surface area is 94.3 Å². The zero-order valence-electron chi connectivity index (χ0n) is 9.65. The maximum Gasteiger partial charge on any atom is 0.144 e. The molecule has 0 aliphatic rings. The smallest absolute Gasteiger partial charge is 0.144 e. The van der Waals surface area contributed by atoms with Crippen molar-refractivity contribution in [3.63, 3.8) is 0 Å². The first kappa shape index (κ1) is 10.5. The van der Waals surface area contributed by atoms with E-state index in [0.717, 1.165) is 11.0 Å². The molecule has 0 fully saturated rings. The lowest BCUT2D eigenvalue weighted by molar-refractivity contribution is 0.408. The molecule has 0 aliphatic carbocycles. The van der Waals surface area contributed by atoms with Crippen LogP contribution in [0.3, 0.4) is 0 Å². The van der Waals surface area contributed by atoms with Crippen molar-refractivity contribution in [2.24, 2.45) is 0 Å². The van der Waals surface area contributed by atoms with Crippen LogP contribution in [0.1, 0.15) is 26.3 Å². The van der Waals surface area contributed by atoms with Crippen LogP contribution in [0.2, 0.25) is 0 Å². The fraction of sp³-hybridized carbons (Fsp3) is 0.333. The Kier molecular flexibility index (Phi) is 2.13. The third-order valence-corrected chi connectivity index (χ3v) is 2.52. The fourth-order valence-electron chi connectivity index (χ4n) is 1.72. The highest BCUT2D eigenvalue weighted by Gasteiger charge is 2.19. The first-order valence-corrected chi connectivity index (χ1v) is 5.11. The molecule has 0 unspecified atom stereocenters. The molecule has 2 N–H and O–H groups in total. The van der Waals surface area contributed by atoms with E-state index in [9.17, 15) is 0 Å². The third kappa shape index (κ3) is 1.50. The van der Waals surface area contributed by atoms with Gasteiger partial charge in [0.2, 0.25) is 0 Å². The van der Waals surface area contributed by atoms with E-state index in [0.29, 0.717) is 11.4 Å². The molecule has 0 saturated heterocycles. The van der Waals surface area contributed by atoms with Crippen molar-refractivity contribution in [2.75, 3.05) is 5.73 Å². The van der Waals surface area contributed by atoms with Gasteiger partial charge in [0, 0.05) is 17.1 Å². The summed E-state index contributed by atoms with van der Waals surface area (Å²) in [5.74, 6) is 0.473. The second kappa shape index (κ2) is 3.24. The zero-order valence-corrected chi connectivity index (χ0v) is 9.65. The molecule has 0 amide bonds. The molecule has 0 aromatic carbocycles. The number of nitrogen functional groups attached to an aromatic ring is 1. The van der Waals surface area contributed by atoms with Crippen LogP contribution in [0.25, 0.3) is 11.0 Å². The number of nitriles is 1. The number of rotatable bonds is 0. The number of hydrogen-bond donors (Lipinski definition) is 1. The average Bonchev–Trinajstić information content (AvgIpc) is 2.54. The highest BCUT2D eigenvalue weighted by atomic mass is 15.1. The van der Waals surface area contributed by atoms with Gasteiger partial charge in [0.1, 0.15) is 17.5 Å². The van der Waals surface area contributed by atoms with E-state index < -0.39 is 0 Å². The van der Waals surface area contributed by atoms with E-state index in [4.69, 9.17) is 11.0 Å². The third-order valence-electron chi connectivity index (χ3n) is 2.52. The molecule has 4 heteroatoms. The molecule has 4 nitrogen and oxygen atoms in total. The lowest BCUT2D eigenvalue weighted by Gasteiger charge is -2.21. The summed E-state index contributed by atoms with van der Waals surface area (Å²) in [6.45, 7) is 6.20. The first-order valence-electron chi connectivity index (χ1n) is 5.11. The number of aromatic nitrogens is 2. The Morgan fingerprint density at radius 2 is 2.06 bits per heavy atom. The van der Waals surface area contributed by atoms with Crippen molar-refractivity contribution in [1.29, 1.82) is 5.26 Å². The van der Waals surface area contributed by atoms with Crippen LogP contribution in [0, 0.1) is 11.3 Å². The average molecular weight is 214 g/mol. The highest BCUT2D eigenvalue weighted by molar-refractivity contribution is 5.84. The van der Waals surface area contributed by atoms with Gasteiger partial charge in [0.15, 0.2) is 0 Å². The van der Waals surface area contributed by atoms with E-state index in [1.54, 1.807) is 6.07 Å². The first-order chi connectivity index (χ1) is 7.43. The van der Waals surface area contributed by atoms with Crippen LogP contribution in [0.5, 0.6) is 0 Å². The molecule has 0 radical (unpaired) electrons. The lowest BCUT2D eigenvalue weighted by Crippen LogP contribution is -2.21. The molecular formula is C12H14N4. The summed E-state index contributed by atoms with van der Waals surface area (Å²) in [5, 5.41) is 9.91. The molecule has 0 aliphatic heterocycles. The number of hydrogen-bond acceptors (Lipinski definition) is 3. The molecule has 16 heavy (non-hydrogen) atoms. The van der Waals surface area contributed by atoms with Crippen LogP contribution < -0.4 is 5.73 Å². The van der Waals surface area contributed by atoms with Crippen LogP contribution in [0.15, 0.2) is 18.3 Å². The van der Waals surface area contributed by atoms with Crippen LogP contribution >= 0.6 is 0 Å². The second-order valence-corrected chi connectivity index (χ2v) is 4.80. The van der Waals surface area contributed by atoms with E-state index >= 15 is 0 Å². The number of nitrogens with zero attached hydrogens (tertiary/aromatic N) is 3. The van der Waals surface area contributed by atoms with Gasteiger partial charge in [-0.05, 0) is 32.9 Å². The monoisotopic (exact) mass is 214 g/mol. The summed E-state index contributed by atoms with van der Waals surface area (Å²) in [7, 11) is 0. The van der Waals surface area contributed by atoms with Gasteiger partial charge >= 0.3 is 0 Å². The van der Waals surface area contributed by atoms with Crippen molar-refractivity contribution in [3.8, 4) is 6.07 Å². The number of nitrogens with two attached hydrogens (primary N) is 1. The van der Waals surface area contributed by atoms with E-state index in [1.807, 2.05) is 16.8 Å². The maximum absolute atomic E-state index is 9.06. The molecule has 0 saturated carbocycles. The van der Waals surface area contributed by atoms with Gasteiger partial charge in [-0.25, -0.2) is 4.98 Å². The highest BCUT2D eigenvalue weighted by Crippen LogP contribution is 2.26. The maximum atomic E-state index is 9.06. The summed E-state index contributed by atoms with van der Waals surface area (Å²) in [6.07, 6.45) is 1.83. The minimum Gasteiger partial charge on any atom is -0.384 e. The summed E-state index contributed by atoms with van der Waals surface area (Å²) >= 11 is 0. The predicted molar refractivity (Wildman–Crippen MR) is 63.9 cm³/mol. The van der Waals surface area contributed by atoms with Crippen molar-refractivity contribution in [2.45, 2.75) is 26.3 Å². The quantitative estimate of drug-likeness (QED) is 0.731. The van der Waals surface area contributed by atoms with Crippen LogP contribution in [-0.2, 0) is 5.54 Å². The second-order valence-electron chi connectivity index (χ2n) is 4.80. The molecule has 2 aromatic rings. The van der Waals surface area contributed by atoms with Crippen molar-refractivity contribution < 1.29 is 0 Å². The topological polar surface area (TPSA) is 67.6 Å². The minimum absolute atomic E-state index is 0.117. The van der Waals surface area contributed by atoms with E-state index in [1.165, 1.54) is 0 Å². The molecule has 82 valence electrons. The predicted octanol–water partition coefficient (Wildman–Crippen LogP) is 2.25. The van der Waals surface area contributed by atoms with Gasteiger partial charge in [-0.15, -0.1) is 0 Å². The number of pyridine rings is 1. The number of fused-ring (bicyclic) bond motifs is 1. The van der Waals surface area contributed by atoms with Crippen LogP contribution in [0.4, 0.5) is 5.82 Å². The van der Waals surface area contributed by atoms with Crippen molar-refractivity contribution in [3.05, 3.63) is 23.9 Å². The molecule has 0 bridgehead atoms. The van der Waals surface area contributed by atoms with Gasteiger partial charge in [-0.1, -0.05) is 0 Å². The summed E-state index contributed by atoms with van der Waals surface area (Å²) in [6, 6.07) is 5.74. The molecule has 0 spiro atoms. The lowest BCUT2D eigenvalue weighted by atomic mass is 10.1. The Balaban J connectivity index is 2.86. The zero-order chi connectivity index (χ0) is 11.9. The normalized spacial score (nSPS) is 11.6. The summed E-state index contributed by atoms with van der Waals surface area (Å²) in [4.78, 5) is 4.30. The molecule has 0 atom stereocenters. The molecule has 2 heterocycles. The van der Waals surface area contributed by atoms with Crippen molar-refractivity contribution in [1.82, 2.24) is 9.55 Å². The Bertz CT molecular complexity index is 581. The Morgan fingerprint density at radius 3 is 2.62 bits per heavy atom. The number of anilines is 1. The van der Waals surface area contributed by atoms with Crippen molar-refractivity contribution >= 4 is 16.9 Å². The van der Waals surface area contributed by atoms with Gasteiger partial charge in [0.05, 0.1) is 5.56 Å². The van der Waals surface area contributed by atoms with Gasteiger partial charge in [-0.2, -0.15) is 5.26 Å². The standard InChI is InChI=1S/C12H14N4/c1-12(2,3)16-7-8(6-13)9-4-5-10(14)15-11(9)16/h4-5,7H,1-3H3,(H2,14,15). The van der Waals surface area contributed by atoms with Gasteiger partial charge in [-0.3, -0.25) is 0 Å². The Hall–Kier alpha value is -2.02. The molecule has 2 rings (SSSR count). The minimum atomic E-state index is -0.117. The largest absolute Gasteiger partial charge is 0.384 e. The molecular weight excluding hydrogens is 200 g/mol. The SMILES string of the molecule is CC(C)(C)n1cc(C#N)c2ccc(N)nc21. The van der Waals surface area contributed by atoms with E-state index in [2.05, 4.69) is 31.8 Å². The molecule has 2 aromatic heterocycles.